The first-order chi connectivity index (χ1) is 14.6. The van der Waals surface area contributed by atoms with E-state index < -0.39 is 0 Å². The summed E-state index contributed by atoms with van der Waals surface area (Å²) in [7, 11) is 0. The molecule has 1 aliphatic heterocycles. The molecule has 1 N–H and O–H groups in total. The molecule has 1 fully saturated rings. The minimum atomic E-state index is -0.165. The third-order valence-electron chi connectivity index (χ3n) is 4.83. The van der Waals surface area contributed by atoms with Gasteiger partial charge in [0.2, 0.25) is 0 Å². The minimum absolute atomic E-state index is 0.165. The third-order valence-corrected chi connectivity index (χ3v) is 5.12. The van der Waals surface area contributed by atoms with Gasteiger partial charge in [-0.05, 0) is 61.3 Å². The van der Waals surface area contributed by atoms with E-state index in [9.17, 15) is 4.79 Å². The molecule has 0 aliphatic carbocycles. The summed E-state index contributed by atoms with van der Waals surface area (Å²) in [5.41, 5.74) is 3.37. The highest BCUT2D eigenvalue weighted by Gasteiger charge is 2.33. The molecule has 0 aromatic heterocycles. The second-order valence-electron chi connectivity index (χ2n) is 7.12. The minimum Gasteiger partial charge on any atom is -0.492 e. The van der Waals surface area contributed by atoms with Crippen molar-refractivity contribution in [1.29, 1.82) is 0 Å². The van der Waals surface area contributed by atoms with Crippen molar-refractivity contribution in [2.24, 2.45) is 0 Å². The normalized spacial score (nSPS) is 15.6. The number of allylic oxidation sites excluding steroid dienone is 2. The first-order valence-electron chi connectivity index (χ1n) is 10.5. The monoisotopic (exact) mass is 420 g/mol. The Labute approximate surface area is 184 Å². The summed E-state index contributed by atoms with van der Waals surface area (Å²) in [6, 6.07) is 17.6. The highest BCUT2D eigenvalue weighted by molar-refractivity contribution is 7.80. The number of unbranched alkanes of at least 4 members (excludes halogenated alkanes) is 2. The van der Waals surface area contributed by atoms with Crippen LogP contribution < -0.4 is 15.0 Å². The summed E-state index contributed by atoms with van der Waals surface area (Å²) in [5, 5.41) is 3.47. The Kier molecular flexibility index (Phi) is 7.80. The Morgan fingerprint density at radius 3 is 2.53 bits per heavy atom. The van der Waals surface area contributed by atoms with Crippen molar-refractivity contribution in [3.05, 3.63) is 77.5 Å². The van der Waals surface area contributed by atoms with E-state index in [1.54, 1.807) is 0 Å². The Bertz CT molecular complexity index is 951. The molecule has 3 rings (SSSR count). The Hall–Kier alpha value is -2.92. The Balaban J connectivity index is 1.90. The van der Waals surface area contributed by atoms with Crippen LogP contribution in [0.4, 0.5) is 5.69 Å². The SMILES string of the molecule is CCCCCC(=C/c1ccccc1)/C=C1/NC(=S)N(c2ccccc2OCC)C1=O. The number of hydrogen-bond donors (Lipinski definition) is 1. The highest BCUT2D eigenvalue weighted by Crippen LogP contribution is 2.31. The van der Waals surface area contributed by atoms with Crippen molar-refractivity contribution in [2.75, 3.05) is 11.5 Å². The van der Waals surface area contributed by atoms with Crippen LogP contribution in [0.25, 0.3) is 6.08 Å². The number of nitrogens with one attached hydrogen (secondary N) is 1. The number of nitrogens with zero attached hydrogens (tertiary/aromatic N) is 1. The molecule has 1 aliphatic rings. The van der Waals surface area contributed by atoms with E-state index >= 15 is 0 Å². The lowest BCUT2D eigenvalue weighted by Crippen LogP contribution is -2.30. The van der Waals surface area contributed by atoms with Gasteiger partial charge in [0.15, 0.2) is 5.11 Å². The molecule has 0 saturated carbocycles. The summed E-state index contributed by atoms with van der Waals surface area (Å²) in [6.45, 7) is 4.62. The van der Waals surface area contributed by atoms with Crippen molar-refractivity contribution < 1.29 is 9.53 Å². The van der Waals surface area contributed by atoms with E-state index in [2.05, 4.69) is 30.4 Å². The van der Waals surface area contributed by atoms with Crippen molar-refractivity contribution in [3.8, 4) is 5.75 Å². The average Bonchev–Trinajstić information content (AvgIpc) is 3.02. The number of thiocarbonyl (C=S) groups is 1. The standard InChI is InChI=1S/C25H28N2O2S/c1-3-5-7-14-20(17-19-12-8-6-9-13-19)18-21-24(28)27(25(30)26-21)22-15-10-11-16-23(22)29-4-2/h6,8-13,15-18H,3-5,7,14H2,1-2H3,(H,26,30)/b20-17-,21-18+. The molecule has 156 valence electrons. The zero-order valence-corrected chi connectivity index (χ0v) is 18.4. The number of carbonyl (C=O) groups excluding carboxylic acids is 1. The van der Waals surface area contributed by atoms with Crippen molar-refractivity contribution in [2.45, 2.75) is 39.5 Å². The van der Waals surface area contributed by atoms with Crippen molar-refractivity contribution >= 4 is 35.0 Å². The van der Waals surface area contributed by atoms with Crippen LogP contribution in [0.1, 0.15) is 45.1 Å². The van der Waals surface area contributed by atoms with Crippen LogP contribution in [0, 0.1) is 0 Å². The lowest BCUT2D eigenvalue weighted by Gasteiger charge is -2.18. The van der Waals surface area contributed by atoms with E-state index in [1.165, 1.54) is 4.90 Å². The maximum absolute atomic E-state index is 13.2. The molecule has 2 aromatic rings. The van der Waals surface area contributed by atoms with Gasteiger partial charge in [-0.25, -0.2) is 4.90 Å². The molecule has 2 aromatic carbocycles. The third kappa shape index (κ3) is 5.36. The fraction of sp³-hybridized carbons (Fsp3) is 0.280. The second kappa shape index (κ2) is 10.7. The Morgan fingerprint density at radius 2 is 1.80 bits per heavy atom. The average molecular weight is 421 g/mol. The van der Waals surface area contributed by atoms with Crippen molar-refractivity contribution in [1.82, 2.24) is 5.32 Å². The molecule has 0 bridgehead atoms. The fourth-order valence-corrected chi connectivity index (χ4v) is 3.68. The summed E-state index contributed by atoms with van der Waals surface area (Å²) in [6.07, 6.45) is 8.36. The zero-order chi connectivity index (χ0) is 21.3. The van der Waals surface area contributed by atoms with Crippen LogP contribution in [0.5, 0.6) is 5.75 Å². The van der Waals surface area contributed by atoms with Gasteiger partial charge in [0.1, 0.15) is 11.4 Å². The van der Waals surface area contributed by atoms with Crippen LogP contribution >= 0.6 is 12.2 Å². The summed E-state index contributed by atoms with van der Waals surface area (Å²) in [4.78, 5) is 14.7. The maximum atomic E-state index is 13.2. The molecule has 0 radical (unpaired) electrons. The van der Waals surface area contributed by atoms with Gasteiger partial charge in [-0.1, -0.05) is 68.3 Å². The smallest absolute Gasteiger partial charge is 0.281 e. The lowest BCUT2D eigenvalue weighted by molar-refractivity contribution is -0.113. The molecule has 5 heteroatoms. The summed E-state index contributed by atoms with van der Waals surface area (Å²) < 4.78 is 5.69. The number of ether oxygens (including phenoxy) is 1. The predicted octanol–water partition coefficient (Wildman–Crippen LogP) is 5.85. The predicted molar refractivity (Wildman–Crippen MR) is 127 cm³/mol. The molecular weight excluding hydrogens is 392 g/mol. The van der Waals surface area contributed by atoms with E-state index in [0.29, 0.717) is 28.9 Å². The molecular formula is C25H28N2O2S. The second-order valence-corrected chi connectivity index (χ2v) is 7.50. The number of hydrogen-bond acceptors (Lipinski definition) is 3. The topological polar surface area (TPSA) is 41.6 Å². The summed E-state index contributed by atoms with van der Waals surface area (Å²) >= 11 is 5.49. The van der Waals surface area contributed by atoms with Gasteiger partial charge >= 0.3 is 0 Å². The molecule has 30 heavy (non-hydrogen) atoms. The number of benzene rings is 2. The van der Waals surface area contributed by atoms with E-state index in [1.807, 2.05) is 55.5 Å². The molecule has 1 amide bonds. The van der Waals surface area contributed by atoms with E-state index in [-0.39, 0.29) is 5.91 Å². The maximum Gasteiger partial charge on any atom is 0.281 e. The largest absolute Gasteiger partial charge is 0.492 e. The van der Waals surface area contributed by atoms with E-state index in [4.69, 9.17) is 17.0 Å². The van der Waals surface area contributed by atoms with Gasteiger partial charge in [0, 0.05) is 0 Å². The van der Waals surface area contributed by atoms with Gasteiger partial charge in [-0.3, -0.25) is 4.79 Å². The lowest BCUT2D eigenvalue weighted by atomic mass is 10.0. The quantitative estimate of drug-likeness (QED) is 0.314. The highest BCUT2D eigenvalue weighted by atomic mass is 32.1. The van der Waals surface area contributed by atoms with Gasteiger partial charge in [-0.15, -0.1) is 0 Å². The molecule has 1 saturated heterocycles. The van der Waals surface area contributed by atoms with Gasteiger partial charge in [0.25, 0.3) is 5.91 Å². The van der Waals surface area contributed by atoms with Gasteiger partial charge in [-0.2, -0.15) is 0 Å². The van der Waals surface area contributed by atoms with E-state index in [0.717, 1.165) is 36.8 Å². The first-order valence-corrected chi connectivity index (χ1v) is 10.9. The zero-order valence-electron chi connectivity index (χ0n) is 17.6. The van der Waals surface area contributed by atoms with Gasteiger partial charge in [0.05, 0.1) is 12.3 Å². The Morgan fingerprint density at radius 1 is 1.07 bits per heavy atom. The molecule has 0 unspecified atom stereocenters. The molecule has 0 spiro atoms. The number of carbonyl (C=O) groups is 1. The van der Waals surface area contributed by atoms with Crippen molar-refractivity contribution in [3.63, 3.8) is 0 Å². The summed E-state index contributed by atoms with van der Waals surface area (Å²) in [5.74, 6) is 0.475. The van der Waals surface area contributed by atoms with Crippen LogP contribution in [0.3, 0.4) is 0 Å². The molecule has 1 heterocycles. The van der Waals surface area contributed by atoms with Crippen LogP contribution in [0.15, 0.2) is 71.9 Å². The number of para-hydroxylation sites is 2. The molecule has 4 nitrogen and oxygen atoms in total. The first kappa shape index (κ1) is 21.8. The number of rotatable bonds is 9. The van der Waals surface area contributed by atoms with Crippen LogP contribution in [-0.4, -0.2) is 17.6 Å². The van der Waals surface area contributed by atoms with Gasteiger partial charge < -0.3 is 10.1 Å². The number of amides is 1. The fourth-order valence-electron chi connectivity index (χ4n) is 3.39. The number of anilines is 1. The van der Waals surface area contributed by atoms with Crippen LogP contribution in [0.2, 0.25) is 0 Å². The molecule has 0 atom stereocenters. The van der Waals surface area contributed by atoms with Crippen LogP contribution in [-0.2, 0) is 4.79 Å².